The molecule has 0 fully saturated rings. The number of amides is 1. The molecule has 7 heteroatoms. The van der Waals surface area contributed by atoms with Gasteiger partial charge in [0.2, 0.25) is 0 Å². The average Bonchev–Trinajstić information content (AvgIpc) is 3.10. The molecule has 0 spiro atoms. The van der Waals surface area contributed by atoms with E-state index in [2.05, 4.69) is 9.88 Å². The van der Waals surface area contributed by atoms with Crippen LogP contribution in [0.2, 0.25) is 0 Å². The van der Waals surface area contributed by atoms with Crippen LogP contribution in [0.1, 0.15) is 16.8 Å². The molecule has 0 atom stereocenters. The summed E-state index contributed by atoms with van der Waals surface area (Å²) >= 11 is 2.89. The highest BCUT2D eigenvalue weighted by Gasteiger charge is 2.23. The van der Waals surface area contributed by atoms with Crippen LogP contribution in [0.5, 0.6) is 0 Å². The lowest BCUT2D eigenvalue weighted by molar-refractivity contribution is 0.0983. The molecule has 0 aliphatic heterocycles. The molecule has 1 amide bonds. The Morgan fingerprint density at radius 2 is 1.93 bits per heavy atom. The summed E-state index contributed by atoms with van der Waals surface area (Å²) in [6.45, 7) is 1.38. The van der Waals surface area contributed by atoms with Crippen LogP contribution in [-0.4, -0.2) is 49.2 Å². The van der Waals surface area contributed by atoms with Crippen molar-refractivity contribution in [2.75, 3.05) is 38.3 Å². The number of thioether (sulfide) groups is 1. The van der Waals surface area contributed by atoms with Gasteiger partial charge in [0.15, 0.2) is 5.13 Å². The van der Waals surface area contributed by atoms with Gasteiger partial charge in [-0.25, -0.2) is 9.37 Å². The van der Waals surface area contributed by atoms with Gasteiger partial charge >= 0.3 is 0 Å². The molecule has 3 rings (SSSR count). The number of aromatic nitrogens is 1. The second kappa shape index (κ2) is 8.82. The molecule has 0 saturated carbocycles. The van der Waals surface area contributed by atoms with Crippen molar-refractivity contribution in [3.63, 3.8) is 0 Å². The van der Waals surface area contributed by atoms with E-state index in [1.165, 1.54) is 29.2 Å². The summed E-state index contributed by atoms with van der Waals surface area (Å²) in [7, 11) is 4.00. The largest absolute Gasteiger partial charge is 0.309 e. The van der Waals surface area contributed by atoms with E-state index < -0.39 is 0 Å². The first-order valence-corrected chi connectivity index (χ1v) is 10.7. The van der Waals surface area contributed by atoms with E-state index >= 15 is 0 Å². The fourth-order valence-corrected chi connectivity index (χ4v) is 4.41. The van der Waals surface area contributed by atoms with Crippen molar-refractivity contribution in [1.82, 2.24) is 9.88 Å². The van der Waals surface area contributed by atoms with E-state index in [1.807, 2.05) is 50.7 Å². The zero-order chi connectivity index (χ0) is 19.4. The molecule has 0 bridgehead atoms. The zero-order valence-corrected chi connectivity index (χ0v) is 17.2. The van der Waals surface area contributed by atoms with E-state index in [0.717, 1.165) is 22.6 Å². The fraction of sp³-hybridized carbons (Fsp3) is 0.300. The first kappa shape index (κ1) is 19.8. The summed E-state index contributed by atoms with van der Waals surface area (Å²) in [6, 6.07) is 12.5. The topological polar surface area (TPSA) is 36.4 Å². The monoisotopic (exact) mass is 403 g/mol. The molecule has 0 aliphatic rings. The number of rotatable bonds is 7. The quantitative estimate of drug-likeness (QED) is 0.533. The van der Waals surface area contributed by atoms with Crippen molar-refractivity contribution < 1.29 is 9.18 Å². The van der Waals surface area contributed by atoms with Gasteiger partial charge in [-0.3, -0.25) is 9.69 Å². The number of carbonyl (C=O) groups is 1. The summed E-state index contributed by atoms with van der Waals surface area (Å²) in [5, 5.41) is 0.537. The lowest BCUT2D eigenvalue weighted by Crippen LogP contribution is -2.33. The van der Waals surface area contributed by atoms with Crippen LogP contribution in [0.25, 0.3) is 10.2 Å². The van der Waals surface area contributed by atoms with Crippen molar-refractivity contribution >= 4 is 44.4 Å². The number of halogens is 1. The maximum Gasteiger partial charge on any atom is 0.261 e. The minimum absolute atomic E-state index is 0.0989. The molecule has 4 nitrogen and oxygen atoms in total. The number of hydrogen-bond donors (Lipinski definition) is 0. The Bertz CT molecular complexity index is 942. The third-order valence-electron chi connectivity index (χ3n) is 4.16. The van der Waals surface area contributed by atoms with Gasteiger partial charge in [0, 0.05) is 11.4 Å². The zero-order valence-electron chi connectivity index (χ0n) is 15.6. The molecular weight excluding hydrogens is 381 g/mol. The number of nitrogens with zero attached hydrogens (tertiary/aromatic N) is 3. The van der Waals surface area contributed by atoms with Crippen molar-refractivity contribution in [3.05, 3.63) is 53.8 Å². The van der Waals surface area contributed by atoms with Crippen LogP contribution in [0, 0.1) is 5.82 Å². The molecule has 27 heavy (non-hydrogen) atoms. The van der Waals surface area contributed by atoms with Gasteiger partial charge in [-0.2, -0.15) is 0 Å². The SMILES string of the molecule is CSc1ccccc1C(=O)N(CCCN(C)C)c1nc2c(F)cccc2s1. The predicted octanol–water partition coefficient (Wildman–Crippen LogP) is 4.76. The second-order valence-corrected chi connectivity index (χ2v) is 8.25. The number of fused-ring (bicyclic) bond motifs is 1. The number of para-hydroxylation sites is 1. The van der Waals surface area contributed by atoms with E-state index in [1.54, 1.807) is 11.0 Å². The number of thiazole rings is 1. The number of benzene rings is 2. The summed E-state index contributed by atoms with van der Waals surface area (Å²) in [6.07, 6.45) is 2.76. The van der Waals surface area contributed by atoms with Gasteiger partial charge in [0.1, 0.15) is 11.3 Å². The van der Waals surface area contributed by atoms with E-state index in [9.17, 15) is 9.18 Å². The molecule has 1 heterocycles. The Labute approximate surface area is 167 Å². The predicted molar refractivity (Wildman–Crippen MR) is 113 cm³/mol. The summed E-state index contributed by atoms with van der Waals surface area (Å²) in [4.78, 5) is 22.5. The molecular formula is C20H22FN3OS2. The van der Waals surface area contributed by atoms with Crippen LogP contribution >= 0.6 is 23.1 Å². The number of hydrogen-bond acceptors (Lipinski definition) is 5. The first-order valence-electron chi connectivity index (χ1n) is 8.66. The second-order valence-electron chi connectivity index (χ2n) is 6.40. The molecule has 0 N–H and O–H groups in total. The van der Waals surface area contributed by atoms with Crippen LogP contribution < -0.4 is 4.90 Å². The maximum absolute atomic E-state index is 14.1. The fourth-order valence-electron chi connectivity index (χ4n) is 2.81. The lowest BCUT2D eigenvalue weighted by Gasteiger charge is -2.22. The van der Waals surface area contributed by atoms with E-state index in [4.69, 9.17) is 0 Å². The van der Waals surface area contributed by atoms with Gasteiger partial charge in [-0.05, 0) is 57.6 Å². The highest BCUT2D eigenvalue weighted by Crippen LogP contribution is 2.32. The number of anilines is 1. The van der Waals surface area contributed by atoms with Gasteiger partial charge < -0.3 is 4.90 Å². The first-order chi connectivity index (χ1) is 13.0. The Morgan fingerprint density at radius 1 is 1.15 bits per heavy atom. The lowest BCUT2D eigenvalue weighted by atomic mass is 10.2. The average molecular weight is 404 g/mol. The molecule has 0 radical (unpaired) electrons. The minimum atomic E-state index is -0.361. The van der Waals surface area contributed by atoms with Gasteiger partial charge in [0.05, 0.1) is 10.3 Å². The highest BCUT2D eigenvalue weighted by molar-refractivity contribution is 7.98. The standard InChI is InChI=1S/C20H22FN3OS2/c1-23(2)12-7-13-24(19(25)14-8-4-5-10-16(14)26-3)20-22-18-15(21)9-6-11-17(18)27-20/h4-6,8-11H,7,12-13H2,1-3H3. The maximum atomic E-state index is 14.1. The molecule has 0 saturated heterocycles. The van der Waals surface area contributed by atoms with Crippen molar-refractivity contribution in [2.45, 2.75) is 11.3 Å². The molecule has 0 aliphatic carbocycles. The smallest absolute Gasteiger partial charge is 0.261 e. The van der Waals surface area contributed by atoms with Crippen LogP contribution in [0.4, 0.5) is 9.52 Å². The molecule has 0 unspecified atom stereocenters. The molecule has 1 aromatic heterocycles. The van der Waals surface area contributed by atoms with Gasteiger partial charge in [0.25, 0.3) is 5.91 Å². The van der Waals surface area contributed by atoms with E-state index in [0.29, 0.717) is 22.8 Å². The third-order valence-corrected chi connectivity index (χ3v) is 6.00. The summed E-state index contributed by atoms with van der Waals surface area (Å²) in [5.74, 6) is -0.460. The molecule has 142 valence electrons. The van der Waals surface area contributed by atoms with Crippen LogP contribution in [-0.2, 0) is 0 Å². The Morgan fingerprint density at radius 3 is 2.63 bits per heavy atom. The van der Waals surface area contributed by atoms with E-state index in [-0.39, 0.29) is 11.7 Å². The van der Waals surface area contributed by atoms with Crippen LogP contribution in [0.3, 0.4) is 0 Å². The highest BCUT2D eigenvalue weighted by atomic mass is 32.2. The van der Waals surface area contributed by atoms with Crippen molar-refractivity contribution in [2.24, 2.45) is 0 Å². The van der Waals surface area contributed by atoms with Crippen LogP contribution in [0.15, 0.2) is 47.4 Å². The number of carbonyl (C=O) groups excluding carboxylic acids is 1. The van der Waals surface area contributed by atoms with Gasteiger partial charge in [-0.15, -0.1) is 11.8 Å². The minimum Gasteiger partial charge on any atom is -0.309 e. The summed E-state index contributed by atoms with van der Waals surface area (Å²) in [5.41, 5.74) is 0.968. The third kappa shape index (κ3) is 4.48. The Balaban J connectivity index is 1.99. The Kier molecular flexibility index (Phi) is 6.46. The summed E-state index contributed by atoms with van der Waals surface area (Å²) < 4.78 is 14.8. The normalized spacial score (nSPS) is 11.3. The van der Waals surface area contributed by atoms with Crippen molar-refractivity contribution in [3.8, 4) is 0 Å². The molecule has 2 aromatic carbocycles. The Hall–Kier alpha value is -1.96. The molecule has 3 aromatic rings. The van der Waals surface area contributed by atoms with Gasteiger partial charge in [-0.1, -0.05) is 29.5 Å². The van der Waals surface area contributed by atoms with Crippen molar-refractivity contribution in [1.29, 1.82) is 0 Å².